The second kappa shape index (κ2) is 10.9. The third kappa shape index (κ3) is 5.49. The van der Waals surface area contributed by atoms with Gasteiger partial charge in [0.1, 0.15) is 6.61 Å². The van der Waals surface area contributed by atoms with Gasteiger partial charge in [-0.05, 0) is 66.6 Å². The van der Waals surface area contributed by atoms with Crippen LogP contribution in [-0.2, 0) is 17.8 Å². The molecule has 8 heteroatoms. The van der Waals surface area contributed by atoms with Crippen molar-refractivity contribution in [3.05, 3.63) is 74.6 Å². The van der Waals surface area contributed by atoms with Crippen LogP contribution in [0.3, 0.4) is 0 Å². The van der Waals surface area contributed by atoms with Crippen molar-refractivity contribution in [2.24, 2.45) is 4.99 Å². The van der Waals surface area contributed by atoms with E-state index in [9.17, 15) is 4.79 Å². The molecule has 1 amide bonds. The Hall–Kier alpha value is -2.41. The lowest BCUT2D eigenvalue weighted by molar-refractivity contribution is -0.121. The number of rotatable bonds is 8. The number of carbonyl (C=O) groups excluding carboxylic acids is 1. The van der Waals surface area contributed by atoms with E-state index in [1.807, 2.05) is 31.2 Å². The van der Waals surface area contributed by atoms with Crippen LogP contribution in [0.2, 0.25) is 10.0 Å². The Balaban J connectivity index is 1.96. The predicted molar refractivity (Wildman–Crippen MR) is 134 cm³/mol. The minimum Gasteiger partial charge on any atom is -0.490 e. The van der Waals surface area contributed by atoms with Crippen molar-refractivity contribution in [2.75, 3.05) is 20.7 Å². The summed E-state index contributed by atoms with van der Waals surface area (Å²) in [5.41, 5.74) is 2.64. The van der Waals surface area contributed by atoms with E-state index in [4.69, 9.17) is 32.7 Å². The highest BCUT2D eigenvalue weighted by Crippen LogP contribution is 2.37. The van der Waals surface area contributed by atoms with Crippen molar-refractivity contribution in [2.45, 2.75) is 20.0 Å². The topological polar surface area (TPSA) is 51.1 Å². The van der Waals surface area contributed by atoms with E-state index >= 15 is 0 Å². The van der Waals surface area contributed by atoms with Crippen LogP contribution in [0.5, 0.6) is 11.5 Å². The summed E-state index contributed by atoms with van der Waals surface area (Å²) in [7, 11) is 3.39. The van der Waals surface area contributed by atoms with Crippen LogP contribution in [0.15, 0.2) is 52.9 Å². The minimum atomic E-state index is -0.0845. The highest BCUT2D eigenvalue weighted by Gasteiger charge is 2.29. The molecule has 0 spiro atoms. The standard InChI is InChI=1S/C24H24Cl2N2O3S/c1-5-7-17-10-16(13-21-23(29)28(4)24(27-3)32-21)12-20(30-6-2)22(17)31-14-15-8-9-18(25)19(26)11-15/h5,8-13H,1,6-7,14H2,2-4H3/b21-13+,27-24?. The summed E-state index contributed by atoms with van der Waals surface area (Å²) in [4.78, 5) is 18.8. The summed E-state index contributed by atoms with van der Waals surface area (Å²) >= 11 is 13.5. The second-order valence-corrected chi connectivity index (χ2v) is 8.77. The Labute approximate surface area is 202 Å². The van der Waals surface area contributed by atoms with Gasteiger partial charge >= 0.3 is 0 Å². The first-order chi connectivity index (χ1) is 15.4. The quantitative estimate of drug-likeness (QED) is 0.325. The third-order valence-corrected chi connectivity index (χ3v) is 6.57. The van der Waals surface area contributed by atoms with Gasteiger partial charge in [0.15, 0.2) is 16.7 Å². The highest BCUT2D eigenvalue weighted by molar-refractivity contribution is 8.18. The Morgan fingerprint density at radius 1 is 1.19 bits per heavy atom. The Morgan fingerprint density at radius 2 is 1.97 bits per heavy atom. The molecule has 0 saturated carbocycles. The lowest BCUT2D eigenvalue weighted by Crippen LogP contribution is -2.23. The van der Waals surface area contributed by atoms with Gasteiger partial charge in [-0.2, -0.15) is 0 Å². The van der Waals surface area contributed by atoms with Gasteiger partial charge in [-0.3, -0.25) is 14.7 Å². The molecule has 0 unspecified atom stereocenters. The number of aliphatic imine (C=N–C) groups is 1. The number of ether oxygens (including phenoxy) is 2. The summed E-state index contributed by atoms with van der Waals surface area (Å²) < 4.78 is 12.0. The number of hydrogen-bond donors (Lipinski definition) is 0. The van der Waals surface area contributed by atoms with Crippen LogP contribution in [0.4, 0.5) is 0 Å². The van der Waals surface area contributed by atoms with Gasteiger partial charge < -0.3 is 9.47 Å². The van der Waals surface area contributed by atoms with E-state index in [1.54, 1.807) is 37.2 Å². The number of likely N-dealkylation sites (N-methyl/N-ethyl adjacent to an activating group) is 1. The fraction of sp³-hybridized carbons (Fsp3) is 0.250. The number of halogens is 2. The number of thioether (sulfide) groups is 1. The van der Waals surface area contributed by atoms with Gasteiger partial charge in [0.2, 0.25) is 0 Å². The van der Waals surface area contributed by atoms with Crippen LogP contribution in [0.1, 0.15) is 23.6 Å². The molecule has 168 valence electrons. The van der Waals surface area contributed by atoms with E-state index in [0.717, 1.165) is 16.7 Å². The molecule has 32 heavy (non-hydrogen) atoms. The van der Waals surface area contributed by atoms with Crippen molar-refractivity contribution in [1.82, 2.24) is 4.90 Å². The molecule has 2 aromatic rings. The van der Waals surface area contributed by atoms with Gasteiger partial charge in [0, 0.05) is 19.7 Å². The Bertz CT molecular complexity index is 1100. The molecule has 0 aromatic heterocycles. The van der Waals surface area contributed by atoms with Crippen LogP contribution in [-0.4, -0.2) is 36.7 Å². The monoisotopic (exact) mass is 490 g/mol. The Kier molecular flexibility index (Phi) is 8.29. The van der Waals surface area contributed by atoms with E-state index < -0.39 is 0 Å². The number of allylic oxidation sites excluding steroid dienone is 1. The van der Waals surface area contributed by atoms with Crippen LogP contribution < -0.4 is 9.47 Å². The number of amides is 1. The first kappa shape index (κ1) is 24.2. The molecule has 0 aliphatic carbocycles. The molecule has 0 atom stereocenters. The van der Waals surface area contributed by atoms with Crippen molar-refractivity contribution in [3.63, 3.8) is 0 Å². The summed E-state index contributed by atoms with van der Waals surface area (Å²) in [5.74, 6) is 1.16. The van der Waals surface area contributed by atoms with E-state index in [1.165, 1.54) is 11.8 Å². The smallest absolute Gasteiger partial charge is 0.266 e. The highest BCUT2D eigenvalue weighted by atomic mass is 35.5. The van der Waals surface area contributed by atoms with Crippen molar-refractivity contribution < 1.29 is 14.3 Å². The zero-order valence-electron chi connectivity index (χ0n) is 18.2. The maximum Gasteiger partial charge on any atom is 0.266 e. The van der Waals surface area contributed by atoms with Crippen LogP contribution in [0.25, 0.3) is 6.08 Å². The molecule has 1 aliphatic heterocycles. The minimum absolute atomic E-state index is 0.0845. The van der Waals surface area contributed by atoms with E-state index in [2.05, 4.69) is 11.6 Å². The molecule has 1 aliphatic rings. The number of amidine groups is 1. The molecule has 1 heterocycles. The van der Waals surface area contributed by atoms with Crippen molar-refractivity contribution in [1.29, 1.82) is 0 Å². The van der Waals surface area contributed by atoms with E-state index in [0.29, 0.717) is 51.3 Å². The molecule has 0 radical (unpaired) electrons. The number of carbonyl (C=O) groups is 1. The molecule has 0 bridgehead atoms. The SMILES string of the molecule is C=CCc1cc(/C=C2/SC(=NC)N(C)C2=O)cc(OCC)c1OCc1ccc(Cl)c(Cl)c1. The van der Waals surface area contributed by atoms with Crippen LogP contribution in [0, 0.1) is 0 Å². The fourth-order valence-electron chi connectivity index (χ4n) is 3.19. The normalized spacial score (nSPS) is 16.2. The molecular weight excluding hydrogens is 467 g/mol. The first-order valence-electron chi connectivity index (χ1n) is 9.99. The number of benzene rings is 2. The predicted octanol–water partition coefficient (Wildman–Crippen LogP) is 6.23. The maximum absolute atomic E-state index is 12.5. The zero-order chi connectivity index (χ0) is 23.3. The summed E-state index contributed by atoms with van der Waals surface area (Å²) in [6.07, 6.45) is 4.23. The van der Waals surface area contributed by atoms with Crippen LogP contribution >= 0.6 is 35.0 Å². The molecule has 5 nitrogen and oxygen atoms in total. The average molecular weight is 491 g/mol. The van der Waals surface area contributed by atoms with Gasteiger partial charge in [-0.15, -0.1) is 6.58 Å². The fourth-order valence-corrected chi connectivity index (χ4v) is 4.43. The molecule has 1 fully saturated rings. The van der Waals surface area contributed by atoms with E-state index in [-0.39, 0.29) is 5.91 Å². The molecule has 1 saturated heterocycles. The van der Waals surface area contributed by atoms with Gasteiger partial charge in [-0.1, -0.05) is 35.3 Å². The Morgan fingerprint density at radius 3 is 2.59 bits per heavy atom. The number of nitrogens with zero attached hydrogens (tertiary/aromatic N) is 2. The summed E-state index contributed by atoms with van der Waals surface area (Å²) in [6.45, 7) is 6.55. The van der Waals surface area contributed by atoms with Gasteiger partial charge in [-0.25, -0.2) is 0 Å². The van der Waals surface area contributed by atoms with Crippen molar-refractivity contribution in [3.8, 4) is 11.5 Å². The summed E-state index contributed by atoms with van der Waals surface area (Å²) in [6, 6.07) is 9.25. The summed E-state index contributed by atoms with van der Waals surface area (Å²) in [5, 5.41) is 1.64. The maximum atomic E-state index is 12.5. The van der Waals surface area contributed by atoms with Gasteiger partial charge in [0.25, 0.3) is 5.91 Å². The van der Waals surface area contributed by atoms with Crippen molar-refractivity contribution >= 4 is 52.1 Å². The molecule has 3 rings (SSSR count). The second-order valence-electron chi connectivity index (χ2n) is 6.95. The first-order valence-corrected chi connectivity index (χ1v) is 11.6. The lowest BCUT2D eigenvalue weighted by atomic mass is 10.0. The molecule has 2 aromatic carbocycles. The largest absolute Gasteiger partial charge is 0.490 e. The van der Waals surface area contributed by atoms with Gasteiger partial charge in [0.05, 0.1) is 21.6 Å². The zero-order valence-corrected chi connectivity index (χ0v) is 20.5. The lowest BCUT2D eigenvalue weighted by Gasteiger charge is -2.17. The third-order valence-electron chi connectivity index (χ3n) is 4.68. The molecular formula is C24H24Cl2N2O3S. The molecule has 0 N–H and O–H groups in total. The number of hydrogen-bond acceptors (Lipinski definition) is 5. The average Bonchev–Trinajstić information content (AvgIpc) is 3.04.